The fraction of sp³-hybridized carbons (Fsp3) is 0.516. The summed E-state index contributed by atoms with van der Waals surface area (Å²) in [7, 11) is 1.95. The molecule has 4 aliphatic rings. The predicted octanol–water partition coefficient (Wildman–Crippen LogP) is 4.74. The number of carbonyl (C=O) groups excluding carboxylic acids is 1. The second-order valence-electron chi connectivity index (χ2n) is 12.6. The number of aryl methyl sites for hydroxylation is 1. The molecule has 3 heterocycles. The summed E-state index contributed by atoms with van der Waals surface area (Å²) < 4.78 is 1.94. The van der Waals surface area contributed by atoms with Crippen LogP contribution in [-0.2, 0) is 25.4 Å². The quantitative estimate of drug-likeness (QED) is 0.460. The monoisotopic (exact) mass is 521 g/mol. The third-order valence-electron chi connectivity index (χ3n) is 9.51. The van der Waals surface area contributed by atoms with Crippen LogP contribution in [0.5, 0.6) is 0 Å². The number of carbonyl (C=O) groups is 1. The molecule has 0 radical (unpaired) electrons. The lowest BCUT2D eigenvalue weighted by Gasteiger charge is -2.45. The van der Waals surface area contributed by atoms with Crippen LogP contribution < -0.4 is 5.32 Å². The van der Waals surface area contributed by atoms with Gasteiger partial charge in [0.1, 0.15) is 17.8 Å². The summed E-state index contributed by atoms with van der Waals surface area (Å²) in [5.41, 5.74) is 5.05. The third kappa shape index (κ3) is 4.85. The van der Waals surface area contributed by atoms with Crippen LogP contribution in [0.2, 0.25) is 0 Å². The molecule has 200 valence electrons. The van der Waals surface area contributed by atoms with Crippen LogP contribution in [0.25, 0.3) is 0 Å². The minimum Gasteiger partial charge on any atom is -0.321 e. The molecule has 0 atom stereocenters. The van der Waals surface area contributed by atoms with Gasteiger partial charge < -0.3 is 9.88 Å². The van der Waals surface area contributed by atoms with Gasteiger partial charge in [-0.05, 0) is 92.3 Å². The molecule has 1 N–H and O–H groups in total. The Morgan fingerprint density at radius 1 is 1.18 bits per heavy atom. The lowest BCUT2D eigenvalue weighted by molar-refractivity contribution is 0.102. The SMILES string of the molecule is Cn1cnnc1C[C@]1(c2cccc(NC(=O)c3cc(CN4CCC5(CC5)C4)cc(C4CC4)n3)c2)C[C@H](C#N)C1. The number of anilines is 1. The maximum atomic E-state index is 13.5. The first-order chi connectivity index (χ1) is 18.9. The Hall–Kier alpha value is -3.57. The lowest BCUT2D eigenvalue weighted by Crippen LogP contribution is -2.43. The van der Waals surface area contributed by atoms with Crippen molar-refractivity contribution in [2.75, 3.05) is 18.4 Å². The number of benzene rings is 1. The standard InChI is InChI=1S/C31H35N7O/c1-37-20-33-36-28(37)16-31(14-22(15-31)17-32)24-3-2-4-25(13-24)34-29(39)27-12-21(11-26(35-27)23-5-6-23)18-38-10-9-30(19-38)7-8-30/h2-4,11-13,20,22-23H,5-10,14-16,18-19H2,1H3,(H,34,39)/t22-,31-. The van der Waals surface area contributed by atoms with E-state index in [2.05, 4.69) is 44.7 Å². The number of nitrogens with one attached hydrogen (secondary N) is 1. The molecule has 1 spiro atoms. The van der Waals surface area contributed by atoms with E-state index >= 15 is 0 Å². The molecule has 8 nitrogen and oxygen atoms in total. The van der Waals surface area contributed by atoms with Crippen LogP contribution in [0.3, 0.4) is 0 Å². The van der Waals surface area contributed by atoms with Gasteiger partial charge in [-0.3, -0.25) is 9.69 Å². The highest BCUT2D eigenvalue weighted by Gasteiger charge is 2.48. The highest BCUT2D eigenvalue weighted by atomic mass is 16.1. The normalized spacial score (nSPS) is 25.3. The number of likely N-dealkylation sites (tertiary alicyclic amines) is 1. The van der Waals surface area contributed by atoms with E-state index in [1.54, 1.807) is 6.33 Å². The van der Waals surface area contributed by atoms with Crippen molar-refractivity contribution in [1.29, 1.82) is 5.26 Å². The van der Waals surface area contributed by atoms with Gasteiger partial charge in [0.15, 0.2) is 0 Å². The smallest absolute Gasteiger partial charge is 0.274 e. The molecule has 4 fully saturated rings. The van der Waals surface area contributed by atoms with Gasteiger partial charge in [0.25, 0.3) is 5.91 Å². The van der Waals surface area contributed by atoms with Crippen molar-refractivity contribution < 1.29 is 4.79 Å². The molecule has 1 aromatic carbocycles. The summed E-state index contributed by atoms with van der Waals surface area (Å²) in [6, 6.07) is 14.7. The summed E-state index contributed by atoms with van der Waals surface area (Å²) in [5, 5.41) is 21.0. The van der Waals surface area contributed by atoms with Crippen molar-refractivity contribution in [3.63, 3.8) is 0 Å². The molecule has 0 unspecified atom stereocenters. The van der Waals surface area contributed by atoms with Crippen molar-refractivity contribution in [3.8, 4) is 6.07 Å². The zero-order chi connectivity index (χ0) is 26.6. The van der Waals surface area contributed by atoms with Gasteiger partial charge in [0.2, 0.25) is 0 Å². The van der Waals surface area contributed by atoms with Crippen molar-refractivity contribution in [3.05, 3.63) is 71.1 Å². The van der Waals surface area contributed by atoms with Crippen LogP contribution >= 0.6 is 0 Å². The Kier molecular flexibility index (Phi) is 5.82. The Balaban J connectivity index is 1.11. The Bertz CT molecular complexity index is 1460. The number of nitrogens with zero attached hydrogens (tertiary/aromatic N) is 6. The molecule has 1 saturated heterocycles. The van der Waals surface area contributed by atoms with E-state index in [1.807, 2.05) is 29.8 Å². The van der Waals surface area contributed by atoms with Crippen LogP contribution in [0.4, 0.5) is 5.69 Å². The molecule has 7 rings (SSSR count). The van der Waals surface area contributed by atoms with Crippen LogP contribution in [0.15, 0.2) is 42.7 Å². The number of rotatable bonds is 8. The second kappa shape index (κ2) is 9.27. The fourth-order valence-corrected chi connectivity index (χ4v) is 6.76. The maximum Gasteiger partial charge on any atom is 0.274 e. The Morgan fingerprint density at radius 2 is 2.03 bits per heavy atom. The Morgan fingerprint density at radius 3 is 2.72 bits per heavy atom. The zero-order valence-electron chi connectivity index (χ0n) is 22.6. The van der Waals surface area contributed by atoms with E-state index in [1.165, 1.54) is 31.4 Å². The van der Waals surface area contributed by atoms with Gasteiger partial charge >= 0.3 is 0 Å². The summed E-state index contributed by atoms with van der Waals surface area (Å²) in [6.45, 7) is 3.23. The minimum absolute atomic E-state index is 0.0367. The number of amides is 1. The molecule has 2 aromatic heterocycles. The zero-order valence-corrected chi connectivity index (χ0v) is 22.6. The van der Waals surface area contributed by atoms with Crippen LogP contribution in [0, 0.1) is 22.7 Å². The topological polar surface area (TPSA) is 99.7 Å². The molecule has 1 amide bonds. The number of nitriles is 1. The van der Waals surface area contributed by atoms with Gasteiger partial charge in [-0.15, -0.1) is 10.2 Å². The van der Waals surface area contributed by atoms with E-state index in [4.69, 9.17) is 4.98 Å². The van der Waals surface area contributed by atoms with Crippen LogP contribution in [-0.4, -0.2) is 43.6 Å². The average molecular weight is 522 g/mol. The molecule has 0 bridgehead atoms. The fourth-order valence-electron chi connectivity index (χ4n) is 6.76. The highest BCUT2D eigenvalue weighted by molar-refractivity contribution is 6.03. The van der Waals surface area contributed by atoms with E-state index in [0.717, 1.165) is 61.5 Å². The maximum absolute atomic E-state index is 13.5. The highest BCUT2D eigenvalue weighted by Crippen LogP contribution is 2.53. The van der Waals surface area contributed by atoms with E-state index < -0.39 is 0 Å². The number of pyridine rings is 1. The minimum atomic E-state index is -0.187. The van der Waals surface area contributed by atoms with E-state index in [0.29, 0.717) is 23.4 Å². The van der Waals surface area contributed by atoms with Gasteiger partial charge in [-0.25, -0.2) is 4.98 Å². The molecule has 8 heteroatoms. The summed E-state index contributed by atoms with van der Waals surface area (Å²) in [5.74, 6) is 1.26. The number of hydrogen-bond acceptors (Lipinski definition) is 6. The lowest BCUT2D eigenvalue weighted by atomic mass is 9.57. The van der Waals surface area contributed by atoms with Crippen molar-refractivity contribution in [1.82, 2.24) is 24.6 Å². The van der Waals surface area contributed by atoms with Crippen molar-refractivity contribution in [2.45, 2.75) is 69.2 Å². The summed E-state index contributed by atoms with van der Waals surface area (Å²) in [4.78, 5) is 20.9. The molecular weight excluding hydrogens is 486 g/mol. The van der Waals surface area contributed by atoms with Crippen molar-refractivity contribution in [2.24, 2.45) is 18.4 Å². The van der Waals surface area contributed by atoms with Gasteiger partial charge in [0.05, 0.1) is 6.07 Å². The summed E-state index contributed by atoms with van der Waals surface area (Å²) >= 11 is 0. The Labute approximate surface area is 229 Å². The molecule has 3 aliphatic carbocycles. The van der Waals surface area contributed by atoms with E-state index in [-0.39, 0.29) is 17.2 Å². The van der Waals surface area contributed by atoms with Crippen molar-refractivity contribution >= 4 is 11.6 Å². The van der Waals surface area contributed by atoms with Gasteiger partial charge in [0, 0.05) is 55.2 Å². The first kappa shape index (κ1) is 24.5. The molecule has 1 aliphatic heterocycles. The van der Waals surface area contributed by atoms with Crippen LogP contribution in [0.1, 0.15) is 84.0 Å². The summed E-state index contributed by atoms with van der Waals surface area (Å²) in [6.07, 6.45) is 10.3. The number of aromatic nitrogens is 4. The third-order valence-corrected chi connectivity index (χ3v) is 9.51. The molecular formula is C31H35N7O. The average Bonchev–Trinajstić information content (AvgIpc) is 3.82. The van der Waals surface area contributed by atoms with Gasteiger partial charge in [-0.2, -0.15) is 5.26 Å². The molecule has 3 aromatic rings. The largest absolute Gasteiger partial charge is 0.321 e. The first-order valence-corrected chi connectivity index (χ1v) is 14.3. The van der Waals surface area contributed by atoms with Gasteiger partial charge in [-0.1, -0.05) is 12.1 Å². The van der Waals surface area contributed by atoms with E-state index in [9.17, 15) is 10.1 Å². The molecule has 3 saturated carbocycles. The predicted molar refractivity (Wildman–Crippen MR) is 147 cm³/mol. The first-order valence-electron chi connectivity index (χ1n) is 14.3. The number of hydrogen-bond donors (Lipinski definition) is 1. The molecule has 39 heavy (non-hydrogen) atoms. The second-order valence-corrected chi connectivity index (χ2v) is 12.6.